The molecule has 0 fully saturated rings. The van der Waals surface area contributed by atoms with Crippen LogP contribution in [-0.2, 0) is 35.3 Å². The van der Waals surface area contributed by atoms with Crippen molar-refractivity contribution in [1.29, 1.82) is 0 Å². The molecule has 5 aromatic rings. The second-order valence-corrected chi connectivity index (χ2v) is 12.5. The minimum Gasteiger partial charge on any atom is -0.466 e. The zero-order valence-electron chi connectivity index (χ0n) is 31.4. The van der Waals surface area contributed by atoms with Gasteiger partial charge in [0.15, 0.2) is 0 Å². The van der Waals surface area contributed by atoms with Crippen molar-refractivity contribution in [3.05, 3.63) is 98.1 Å². The Labute approximate surface area is 330 Å². The number of nitrogens with one attached hydrogen (secondary N) is 2. The zero-order valence-corrected chi connectivity index (χ0v) is 31.4. The van der Waals surface area contributed by atoms with E-state index in [9.17, 15) is 34.6 Å². The van der Waals surface area contributed by atoms with Crippen molar-refractivity contribution in [2.45, 2.75) is 58.0 Å². The topological polar surface area (TPSA) is 268 Å². The highest BCUT2D eigenvalue weighted by atomic mass is 17.0. The lowest BCUT2D eigenvalue weighted by atomic mass is 9.98. The number of esters is 2. The summed E-state index contributed by atoms with van der Waals surface area (Å²) in [7, 11) is 0. The molecule has 21 heteroatoms. The molecular formula is C37H41N9O12. The lowest BCUT2D eigenvalue weighted by Gasteiger charge is -2.18. The lowest BCUT2D eigenvalue weighted by Crippen LogP contribution is -2.42. The summed E-state index contributed by atoms with van der Waals surface area (Å²) in [5.41, 5.74) is 4.57. The minimum absolute atomic E-state index is 0.0297. The van der Waals surface area contributed by atoms with Gasteiger partial charge in [-0.1, -0.05) is 54.6 Å². The molecule has 3 aromatic carbocycles. The number of hydrogen-bond acceptors (Lipinski definition) is 16. The Morgan fingerprint density at radius 3 is 2.17 bits per heavy atom. The first-order valence-corrected chi connectivity index (χ1v) is 18.4. The van der Waals surface area contributed by atoms with Crippen LogP contribution in [0.4, 0.5) is 0 Å². The second kappa shape index (κ2) is 21.2. The Hall–Kier alpha value is -7.19. The van der Waals surface area contributed by atoms with Crippen molar-refractivity contribution in [3.8, 4) is 28.5 Å². The van der Waals surface area contributed by atoms with Crippen LogP contribution in [0.25, 0.3) is 33.5 Å². The molecule has 0 spiro atoms. The average Bonchev–Trinajstić information content (AvgIpc) is 3.88. The third kappa shape index (κ3) is 11.9. The normalized spacial score (nSPS) is 11.4. The van der Waals surface area contributed by atoms with Gasteiger partial charge >= 0.3 is 11.9 Å². The predicted octanol–water partition coefficient (Wildman–Crippen LogP) is 4.27. The van der Waals surface area contributed by atoms with Crippen LogP contribution in [0.3, 0.4) is 0 Å². The molecule has 2 aromatic heterocycles. The van der Waals surface area contributed by atoms with Crippen LogP contribution in [0, 0.1) is 20.2 Å². The number of aromatic amines is 1. The smallest absolute Gasteiger partial charge is 0.328 e. The average molecular weight is 804 g/mol. The molecule has 2 N–H and O–H groups in total. The van der Waals surface area contributed by atoms with Crippen LogP contribution >= 0.6 is 0 Å². The van der Waals surface area contributed by atoms with Crippen LogP contribution in [0.2, 0.25) is 0 Å². The zero-order chi connectivity index (χ0) is 41.3. The number of ether oxygens (including phenoxy) is 3. The third-order valence-corrected chi connectivity index (χ3v) is 8.57. The van der Waals surface area contributed by atoms with E-state index in [2.05, 4.69) is 40.6 Å². The molecule has 0 aliphatic carbocycles. The number of rotatable bonds is 24. The monoisotopic (exact) mass is 803 g/mol. The molecule has 0 saturated heterocycles. The van der Waals surface area contributed by atoms with Gasteiger partial charge in [-0.25, -0.2) is 4.79 Å². The molecule has 0 saturated carbocycles. The Kier molecular flexibility index (Phi) is 15.3. The SMILES string of the molecule is CCOc1nc2cccc(C(=O)NC(CCC(=O)OCCCCO[N+](=O)[O-])C(=O)OCCCCO[N+](=O)[O-])c2n1Cc1ccc(-c2ccccc2-c2nn[nH]n2)cc1. The summed E-state index contributed by atoms with van der Waals surface area (Å²) >= 11 is 0. The number of amides is 1. The summed E-state index contributed by atoms with van der Waals surface area (Å²) in [6, 6.07) is 19.4. The van der Waals surface area contributed by atoms with Gasteiger partial charge in [0.2, 0.25) is 5.82 Å². The molecule has 1 unspecified atom stereocenters. The van der Waals surface area contributed by atoms with Gasteiger partial charge in [0, 0.05) is 12.0 Å². The van der Waals surface area contributed by atoms with Crippen LogP contribution in [0.1, 0.15) is 61.4 Å². The van der Waals surface area contributed by atoms with Crippen molar-refractivity contribution in [3.63, 3.8) is 0 Å². The number of unbranched alkanes of at least 4 members (excludes halogenated alkanes) is 2. The fourth-order valence-corrected chi connectivity index (χ4v) is 5.88. The Morgan fingerprint density at radius 2 is 1.52 bits per heavy atom. The highest BCUT2D eigenvalue weighted by molar-refractivity contribution is 6.06. The number of carbonyl (C=O) groups excluding carboxylic acids is 3. The van der Waals surface area contributed by atoms with Crippen molar-refractivity contribution in [1.82, 2.24) is 35.5 Å². The highest BCUT2D eigenvalue weighted by Gasteiger charge is 2.27. The number of imidazole rings is 1. The molecule has 5 rings (SSSR count). The van der Waals surface area contributed by atoms with E-state index in [-0.39, 0.29) is 76.7 Å². The largest absolute Gasteiger partial charge is 0.466 e. The summed E-state index contributed by atoms with van der Waals surface area (Å²) < 4.78 is 18.2. The highest BCUT2D eigenvalue weighted by Crippen LogP contribution is 2.31. The quantitative estimate of drug-likeness (QED) is 0.0381. The summed E-state index contributed by atoms with van der Waals surface area (Å²) in [4.78, 5) is 73.8. The molecular weight excluding hydrogens is 762 g/mol. The third-order valence-electron chi connectivity index (χ3n) is 8.57. The number of nitrogens with zero attached hydrogens (tertiary/aromatic N) is 7. The molecule has 0 aliphatic heterocycles. The van der Waals surface area contributed by atoms with Gasteiger partial charge in [0.25, 0.3) is 22.1 Å². The summed E-state index contributed by atoms with van der Waals surface area (Å²) in [6.07, 6.45) is 0.612. The van der Waals surface area contributed by atoms with Gasteiger partial charge in [0.05, 0.1) is 56.2 Å². The Balaban J connectivity index is 1.33. The Bertz CT molecular complexity index is 2160. The molecule has 0 radical (unpaired) electrons. The fourth-order valence-electron chi connectivity index (χ4n) is 5.88. The van der Waals surface area contributed by atoms with Crippen LogP contribution in [0.15, 0.2) is 66.7 Å². The number of para-hydroxylation sites is 1. The van der Waals surface area contributed by atoms with Gasteiger partial charge < -0.3 is 29.2 Å². The number of hydrogen-bond donors (Lipinski definition) is 2. The predicted molar refractivity (Wildman–Crippen MR) is 202 cm³/mol. The van der Waals surface area contributed by atoms with Crippen molar-refractivity contribution in [2.24, 2.45) is 0 Å². The molecule has 21 nitrogen and oxygen atoms in total. The number of carbonyl (C=O) groups is 3. The van der Waals surface area contributed by atoms with Gasteiger partial charge in [-0.15, -0.1) is 30.4 Å². The number of tetrazole rings is 1. The standard InChI is InChI=1S/C37H41N9O12/c1-2-54-37-39-30-13-9-12-29(33(30)44(37)24-25-14-16-26(17-15-25)27-10-3-4-11-28(27)34-40-42-43-41-34)35(48)38-31(36(49)56-21-6-8-23-58-46(52)53)18-19-32(47)55-20-5-7-22-57-45(50)51/h3-4,9-17,31H,2,5-8,18-24H2,1H3,(H,38,48)(H,40,41,42,43). The lowest BCUT2D eigenvalue weighted by molar-refractivity contribution is -0.757. The molecule has 1 atom stereocenters. The first-order chi connectivity index (χ1) is 28.1. The molecule has 0 bridgehead atoms. The maximum Gasteiger partial charge on any atom is 0.328 e. The maximum atomic E-state index is 14.0. The molecule has 0 aliphatic rings. The summed E-state index contributed by atoms with van der Waals surface area (Å²) in [5, 5.41) is 36.0. The summed E-state index contributed by atoms with van der Waals surface area (Å²) in [6.45, 7) is 1.89. The minimum atomic E-state index is -1.29. The van der Waals surface area contributed by atoms with E-state index in [0.29, 0.717) is 29.9 Å². The van der Waals surface area contributed by atoms with Gasteiger partial charge in [-0.05, 0) is 73.1 Å². The van der Waals surface area contributed by atoms with Crippen LogP contribution in [-0.4, -0.2) is 97.3 Å². The molecule has 306 valence electrons. The van der Waals surface area contributed by atoms with Gasteiger partial charge in [-0.2, -0.15) is 10.2 Å². The second-order valence-electron chi connectivity index (χ2n) is 12.5. The van der Waals surface area contributed by atoms with Crippen molar-refractivity contribution < 1.29 is 48.4 Å². The van der Waals surface area contributed by atoms with Gasteiger partial charge in [-0.3, -0.25) is 14.2 Å². The maximum absolute atomic E-state index is 14.0. The molecule has 2 heterocycles. The van der Waals surface area contributed by atoms with Crippen LogP contribution < -0.4 is 10.1 Å². The van der Waals surface area contributed by atoms with Crippen LogP contribution in [0.5, 0.6) is 6.01 Å². The number of benzene rings is 3. The van der Waals surface area contributed by atoms with E-state index < -0.39 is 34.1 Å². The van der Waals surface area contributed by atoms with Gasteiger partial charge in [0.1, 0.15) is 6.04 Å². The van der Waals surface area contributed by atoms with E-state index in [1.807, 2.05) is 55.5 Å². The molecule has 58 heavy (non-hydrogen) atoms. The van der Waals surface area contributed by atoms with E-state index in [1.54, 1.807) is 22.8 Å². The van der Waals surface area contributed by atoms with E-state index in [0.717, 1.165) is 22.3 Å². The fraction of sp³-hybridized carbons (Fsp3) is 0.378. The van der Waals surface area contributed by atoms with Crippen molar-refractivity contribution >= 4 is 28.9 Å². The van der Waals surface area contributed by atoms with E-state index >= 15 is 0 Å². The molecule has 1 amide bonds. The van der Waals surface area contributed by atoms with E-state index in [1.165, 1.54) is 0 Å². The number of H-pyrrole nitrogens is 1. The summed E-state index contributed by atoms with van der Waals surface area (Å²) in [5.74, 6) is -1.68. The first kappa shape index (κ1) is 42.0. The van der Waals surface area contributed by atoms with E-state index in [4.69, 9.17) is 14.2 Å². The number of aromatic nitrogens is 6. The Morgan fingerprint density at radius 1 is 0.845 bits per heavy atom. The first-order valence-electron chi connectivity index (χ1n) is 18.4. The van der Waals surface area contributed by atoms with Crippen molar-refractivity contribution in [2.75, 3.05) is 33.0 Å². The number of fused-ring (bicyclic) bond motifs is 1.